The third-order valence-corrected chi connectivity index (χ3v) is 4.32. The molecule has 0 saturated carbocycles. The van der Waals surface area contributed by atoms with E-state index in [1.807, 2.05) is 35.2 Å². The minimum atomic E-state index is 0.00346. The van der Waals surface area contributed by atoms with Gasteiger partial charge in [-0.15, -0.1) is 0 Å². The standard InChI is InChI=1S/C20H23NO/c1-14-10-11-16-17(12-14)18(20(2,3)4)21(19(16)22)13-15-8-6-5-7-9-15/h5-12,18H,13H2,1-4H3. The van der Waals surface area contributed by atoms with Crippen LogP contribution in [0.5, 0.6) is 0 Å². The van der Waals surface area contributed by atoms with Crippen LogP contribution in [0, 0.1) is 12.3 Å². The van der Waals surface area contributed by atoms with Crippen LogP contribution in [-0.2, 0) is 6.54 Å². The van der Waals surface area contributed by atoms with Gasteiger partial charge in [0.1, 0.15) is 0 Å². The third-order valence-electron chi connectivity index (χ3n) is 4.32. The number of amides is 1. The Morgan fingerprint density at radius 1 is 1.05 bits per heavy atom. The van der Waals surface area contributed by atoms with Gasteiger partial charge in [-0.05, 0) is 29.5 Å². The molecule has 1 aliphatic rings. The van der Waals surface area contributed by atoms with Gasteiger partial charge >= 0.3 is 0 Å². The van der Waals surface area contributed by atoms with Gasteiger partial charge in [-0.3, -0.25) is 4.79 Å². The van der Waals surface area contributed by atoms with E-state index in [1.165, 1.54) is 16.7 Å². The number of carbonyl (C=O) groups excluding carboxylic acids is 1. The molecule has 2 nitrogen and oxygen atoms in total. The molecule has 0 radical (unpaired) electrons. The molecule has 0 N–H and O–H groups in total. The first kappa shape index (κ1) is 14.8. The van der Waals surface area contributed by atoms with E-state index in [9.17, 15) is 4.79 Å². The lowest BCUT2D eigenvalue weighted by molar-refractivity contribution is 0.0567. The lowest BCUT2D eigenvalue weighted by Gasteiger charge is -2.36. The molecule has 1 unspecified atom stereocenters. The first-order chi connectivity index (χ1) is 10.4. The molecule has 1 heterocycles. The smallest absolute Gasteiger partial charge is 0.255 e. The lowest BCUT2D eigenvalue weighted by atomic mass is 9.82. The molecule has 1 amide bonds. The molecule has 1 atom stereocenters. The first-order valence-corrected chi connectivity index (χ1v) is 7.83. The number of benzene rings is 2. The van der Waals surface area contributed by atoms with Crippen molar-refractivity contribution in [1.82, 2.24) is 4.90 Å². The summed E-state index contributed by atoms with van der Waals surface area (Å²) in [7, 11) is 0. The summed E-state index contributed by atoms with van der Waals surface area (Å²) in [6, 6.07) is 16.5. The first-order valence-electron chi connectivity index (χ1n) is 7.83. The van der Waals surface area contributed by atoms with Gasteiger partial charge in [0.05, 0.1) is 6.04 Å². The van der Waals surface area contributed by atoms with Crippen LogP contribution >= 0.6 is 0 Å². The highest BCUT2D eigenvalue weighted by Crippen LogP contribution is 2.45. The van der Waals surface area contributed by atoms with Gasteiger partial charge in [0.2, 0.25) is 0 Å². The molecule has 0 saturated heterocycles. The monoisotopic (exact) mass is 293 g/mol. The van der Waals surface area contributed by atoms with Crippen molar-refractivity contribution in [2.24, 2.45) is 5.41 Å². The zero-order valence-electron chi connectivity index (χ0n) is 13.8. The van der Waals surface area contributed by atoms with Crippen LogP contribution in [0.2, 0.25) is 0 Å². The van der Waals surface area contributed by atoms with Crippen LogP contribution in [0.4, 0.5) is 0 Å². The van der Waals surface area contributed by atoms with E-state index in [-0.39, 0.29) is 17.4 Å². The highest BCUT2D eigenvalue weighted by Gasteiger charge is 2.42. The Labute approximate surface area is 132 Å². The highest BCUT2D eigenvalue weighted by atomic mass is 16.2. The summed E-state index contributed by atoms with van der Waals surface area (Å²) in [5.74, 6) is 0.152. The molecule has 2 aromatic rings. The summed E-state index contributed by atoms with van der Waals surface area (Å²) in [6.07, 6.45) is 0. The van der Waals surface area contributed by atoms with Crippen molar-refractivity contribution in [3.05, 3.63) is 70.8 Å². The molecular formula is C20H23NO. The van der Waals surface area contributed by atoms with Gasteiger partial charge < -0.3 is 4.90 Å². The zero-order valence-corrected chi connectivity index (χ0v) is 13.8. The zero-order chi connectivity index (χ0) is 15.9. The molecule has 22 heavy (non-hydrogen) atoms. The molecule has 3 rings (SSSR count). The quantitative estimate of drug-likeness (QED) is 0.783. The molecule has 1 aliphatic heterocycles. The van der Waals surface area contributed by atoms with Crippen LogP contribution in [0.1, 0.15) is 53.9 Å². The van der Waals surface area contributed by atoms with E-state index in [0.29, 0.717) is 6.54 Å². The normalized spacial score (nSPS) is 17.7. The Kier molecular flexibility index (Phi) is 3.56. The number of rotatable bonds is 2. The molecule has 2 heteroatoms. The number of nitrogens with zero attached hydrogens (tertiary/aromatic N) is 1. The molecule has 0 bridgehead atoms. The molecule has 2 aromatic carbocycles. The van der Waals surface area contributed by atoms with Gasteiger partial charge in [-0.25, -0.2) is 0 Å². The molecular weight excluding hydrogens is 270 g/mol. The molecule has 114 valence electrons. The topological polar surface area (TPSA) is 20.3 Å². The summed E-state index contributed by atoms with van der Waals surface area (Å²) < 4.78 is 0. The number of carbonyl (C=O) groups is 1. The van der Waals surface area contributed by atoms with Crippen LogP contribution < -0.4 is 0 Å². The van der Waals surface area contributed by atoms with Crippen molar-refractivity contribution in [2.75, 3.05) is 0 Å². The van der Waals surface area contributed by atoms with E-state index in [2.05, 4.69) is 45.9 Å². The van der Waals surface area contributed by atoms with E-state index >= 15 is 0 Å². The number of hydrogen-bond donors (Lipinski definition) is 0. The Hall–Kier alpha value is -2.09. The average Bonchev–Trinajstić information content (AvgIpc) is 2.72. The van der Waals surface area contributed by atoms with E-state index in [0.717, 1.165) is 5.56 Å². The van der Waals surface area contributed by atoms with Crippen molar-refractivity contribution < 1.29 is 4.79 Å². The second-order valence-electron chi connectivity index (χ2n) is 7.28. The molecule has 0 fully saturated rings. The van der Waals surface area contributed by atoms with Crippen LogP contribution in [0.3, 0.4) is 0 Å². The number of aryl methyl sites for hydroxylation is 1. The minimum Gasteiger partial charge on any atom is -0.327 e. The average molecular weight is 293 g/mol. The van der Waals surface area contributed by atoms with E-state index in [4.69, 9.17) is 0 Å². The maximum Gasteiger partial charge on any atom is 0.255 e. The van der Waals surface area contributed by atoms with Crippen LogP contribution in [-0.4, -0.2) is 10.8 Å². The van der Waals surface area contributed by atoms with Crippen molar-refractivity contribution in [3.8, 4) is 0 Å². The van der Waals surface area contributed by atoms with Crippen molar-refractivity contribution >= 4 is 5.91 Å². The fourth-order valence-electron chi connectivity index (χ4n) is 3.42. The minimum absolute atomic E-state index is 0.00346. The van der Waals surface area contributed by atoms with Gasteiger partial charge in [0.25, 0.3) is 5.91 Å². The third kappa shape index (κ3) is 2.54. The van der Waals surface area contributed by atoms with Gasteiger partial charge in [-0.1, -0.05) is 68.8 Å². The summed E-state index contributed by atoms with van der Waals surface area (Å²) >= 11 is 0. The Bertz CT molecular complexity index is 697. The van der Waals surface area contributed by atoms with Crippen molar-refractivity contribution in [3.63, 3.8) is 0 Å². The van der Waals surface area contributed by atoms with Crippen LogP contribution in [0.25, 0.3) is 0 Å². The lowest BCUT2D eigenvalue weighted by Crippen LogP contribution is -2.34. The second-order valence-corrected chi connectivity index (χ2v) is 7.28. The molecule has 0 spiro atoms. The SMILES string of the molecule is Cc1ccc2c(c1)C(C(C)(C)C)N(Cc1ccccc1)C2=O. The molecule has 0 aliphatic carbocycles. The Morgan fingerprint density at radius 2 is 1.73 bits per heavy atom. The van der Waals surface area contributed by atoms with E-state index in [1.54, 1.807) is 0 Å². The maximum atomic E-state index is 12.9. The summed E-state index contributed by atoms with van der Waals surface area (Å²) in [5.41, 5.74) is 4.43. The summed E-state index contributed by atoms with van der Waals surface area (Å²) in [4.78, 5) is 14.9. The summed E-state index contributed by atoms with van der Waals surface area (Å²) in [6.45, 7) is 9.38. The molecule has 0 aromatic heterocycles. The Morgan fingerprint density at radius 3 is 2.36 bits per heavy atom. The van der Waals surface area contributed by atoms with Gasteiger partial charge in [0.15, 0.2) is 0 Å². The number of fused-ring (bicyclic) bond motifs is 1. The Balaban J connectivity index is 2.04. The van der Waals surface area contributed by atoms with Gasteiger partial charge in [0, 0.05) is 12.1 Å². The number of hydrogen-bond acceptors (Lipinski definition) is 1. The van der Waals surface area contributed by atoms with Crippen molar-refractivity contribution in [1.29, 1.82) is 0 Å². The summed E-state index contributed by atoms with van der Waals surface area (Å²) in [5, 5.41) is 0. The van der Waals surface area contributed by atoms with E-state index < -0.39 is 0 Å². The second kappa shape index (κ2) is 5.28. The van der Waals surface area contributed by atoms with Crippen LogP contribution in [0.15, 0.2) is 48.5 Å². The fourth-order valence-corrected chi connectivity index (χ4v) is 3.42. The largest absolute Gasteiger partial charge is 0.327 e. The predicted molar refractivity (Wildman–Crippen MR) is 89.7 cm³/mol. The predicted octanol–water partition coefficient (Wildman–Crippen LogP) is 4.74. The van der Waals surface area contributed by atoms with Gasteiger partial charge in [-0.2, -0.15) is 0 Å². The highest BCUT2D eigenvalue weighted by molar-refractivity contribution is 5.99. The maximum absolute atomic E-state index is 12.9. The fraction of sp³-hybridized carbons (Fsp3) is 0.350. The van der Waals surface area contributed by atoms with Crippen molar-refractivity contribution in [2.45, 2.75) is 40.3 Å².